The molecule has 2 N–H and O–H groups in total. The number of benzene rings is 1. The molecule has 1 atom stereocenters. The van der Waals surface area contributed by atoms with Gasteiger partial charge in [0.25, 0.3) is 5.91 Å². The van der Waals surface area contributed by atoms with Gasteiger partial charge in [-0.1, -0.05) is 11.6 Å². The van der Waals surface area contributed by atoms with Crippen LogP contribution in [0.3, 0.4) is 0 Å². The molecule has 1 unspecified atom stereocenters. The van der Waals surface area contributed by atoms with Gasteiger partial charge in [0.15, 0.2) is 5.65 Å². The lowest BCUT2D eigenvalue weighted by Crippen LogP contribution is -2.57. The van der Waals surface area contributed by atoms with Crippen molar-refractivity contribution >= 4 is 29.0 Å². The molecule has 5 rings (SSSR count). The van der Waals surface area contributed by atoms with Crippen LogP contribution in [0.1, 0.15) is 59.4 Å². The van der Waals surface area contributed by atoms with E-state index in [2.05, 4.69) is 22.5 Å². The third kappa shape index (κ3) is 4.48. The van der Waals surface area contributed by atoms with Crippen molar-refractivity contribution in [1.29, 1.82) is 0 Å². The zero-order valence-electron chi connectivity index (χ0n) is 20.8. The normalized spacial score (nSPS) is 18.6. The largest absolute Gasteiger partial charge is 0.353 e. The minimum Gasteiger partial charge on any atom is -0.353 e. The first-order valence-corrected chi connectivity index (χ1v) is 12.3. The number of anilines is 2. The zero-order chi connectivity index (χ0) is 24.7. The summed E-state index contributed by atoms with van der Waals surface area (Å²) in [5.41, 5.74) is 4.77. The van der Waals surface area contributed by atoms with Gasteiger partial charge >= 0.3 is 0 Å². The summed E-state index contributed by atoms with van der Waals surface area (Å²) < 4.78 is 1.83. The number of rotatable bonds is 5. The number of hydrogen-bond acceptors (Lipinski definition) is 6. The molecular formula is C26H33N7O2. The Bertz CT molecular complexity index is 1280. The number of nitrogens with one attached hydrogen (secondary N) is 2. The van der Waals surface area contributed by atoms with E-state index in [4.69, 9.17) is 10.1 Å². The molecule has 9 heteroatoms. The van der Waals surface area contributed by atoms with Crippen molar-refractivity contribution < 1.29 is 9.59 Å². The summed E-state index contributed by atoms with van der Waals surface area (Å²) in [5, 5.41) is 11.0. The first-order chi connectivity index (χ1) is 16.8. The Labute approximate surface area is 205 Å². The van der Waals surface area contributed by atoms with Crippen molar-refractivity contribution in [2.75, 3.05) is 36.9 Å². The molecule has 0 saturated carbocycles. The van der Waals surface area contributed by atoms with E-state index in [1.165, 1.54) is 6.92 Å². The quantitative estimate of drug-likeness (QED) is 0.589. The minimum absolute atomic E-state index is 0.0808. The third-order valence-electron chi connectivity index (χ3n) is 7.03. The molecule has 35 heavy (non-hydrogen) atoms. The summed E-state index contributed by atoms with van der Waals surface area (Å²) in [4.78, 5) is 34.6. The van der Waals surface area contributed by atoms with Gasteiger partial charge in [-0.15, -0.1) is 0 Å². The van der Waals surface area contributed by atoms with Crippen molar-refractivity contribution in [1.82, 2.24) is 24.8 Å². The van der Waals surface area contributed by atoms with Crippen LogP contribution in [-0.2, 0) is 4.79 Å². The number of fused-ring (bicyclic) bond motifs is 1. The number of aryl methyl sites for hydroxylation is 2. The molecule has 2 amide bonds. The number of likely N-dealkylation sites (tertiary alicyclic amines) is 1. The molecule has 2 aliphatic rings. The van der Waals surface area contributed by atoms with Crippen LogP contribution < -0.4 is 15.5 Å². The minimum atomic E-state index is -0.195. The van der Waals surface area contributed by atoms with Crippen molar-refractivity contribution in [3.05, 3.63) is 52.8 Å². The lowest BCUT2D eigenvalue weighted by atomic mass is 9.97. The zero-order valence-corrected chi connectivity index (χ0v) is 20.8. The van der Waals surface area contributed by atoms with Crippen LogP contribution >= 0.6 is 0 Å². The van der Waals surface area contributed by atoms with Gasteiger partial charge in [0.2, 0.25) is 5.91 Å². The van der Waals surface area contributed by atoms with Crippen LogP contribution in [-0.4, -0.2) is 64.0 Å². The Hall–Kier alpha value is -3.46. The van der Waals surface area contributed by atoms with Crippen molar-refractivity contribution in [3.63, 3.8) is 0 Å². The molecule has 0 spiro atoms. The number of piperidine rings is 1. The average Bonchev–Trinajstić information content (AvgIpc) is 3.21. The van der Waals surface area contributed by atoms with Crippen LogP contribution in [0, 0.1) is 13.8 Å². The standard InChI is InChI=1S/C26H33N7O2/c1-16-8-9-21(28-18(3)34)20(11-16)26(35)32-10-6-5-7-23(32)22-12-24-29-25(17(2)13-33(24)30-22)31-14-19(15-31)27-4/h8-9,11-13,19,23,27H,5-7,10,14-15H2,1-4H3,(H,28,34). The second-order valence-electron chi connectivity index (χ2n) is 9.75. The molecule has 9 nitrogen and oxygen atoms in total. The highest BCUT2D eigenvalue weighted by atomic mass is 16.2. The predicted octanol–water partition coefficient (Wildman–Crippen LogP) is 3.08. The van der Waals surface area contributed by atoms with Gasteiger partial charge < -0.3 is 20.4 Å². The monoisotopic (exact) mass is 475 g/mol. The Balaban J connectivity index is 1.46. The maximum atomic E-state index is 13.8. The van der Waals surface area contributed by atoms with E-state index in [9.17, 15) is 9.59 Å². The number of carbonyl (C=O) groups is 2. The summed E-state index contributed by atoms with van der Waals surface area (Å²) >= 11 is 0. The van der Waals surface area contributed by atoms with Gasteiger partial charge in [0.05, 0.1) is 23.0 Å². The van der Waals surface area contributed by atoms with Crippen LogP contribution in [0.15, 0.2) is 30.5 Å². The van der Waals surface area contributed by atoms with E-state index in [0.29, 0.717) is 23.8 Å². The summed E-state index contributed by atoms with van der Waals surface area (Å²) in [6.07, 6.45) is 4.85. The first-order valence-electron chi connectivity index (χ1n) is 12.3. The SMILES string of the molecule is CNC1CN(c2nc3cc(C4CCCCN4C(=O)c4cc(C)ccc4NC(C)=O)nn3cc2C)C1. The highest BCUT2D eigenvalue weighted by molar-refractivity contribution is 6.03. The van der Waals surface area contributed by atoms with E-state index in [1.807, 2.05) is 47.8 Å². The molecule has 3 aromatic rings. The topological polar surface area (TPSA) is 94.9 Å². The van der Waals surface area contributed by atoms with E-state index >= 15 is 0 Å². The lowest BCUT2D eigenvalue weighted by molar-refractivity contribution is -0.114. The Morgan fingerprint density at radius 2 is 1.91 bits per heavy atom. The lowest BCUT2D eigenvalue weighted by Gasteiger charge is -2.40. The number of likely N-dealkylation sites (N-methyl/N-ethyl adjacent to an activating group) is 1. The predicted molar refractivity (Wildman–Crippen MR) is 136 cm³/mol. The van der Waals surface area contributed by atoms with Crippen molar-refractivity contribution in [3.8, 4) is 0 Å². The molecule has 0 bridgehead atoms. The first kappa shape index (κ1) is 23.3. The van der Waals surface area contributed by atoms with Crippen molar-refractivity contribution in [2.24, 2.45) is 0 Å². The van der Waals surface area contributed by atoms with E-state index in [1.54, 1.807) is 6.07 Å². The van der Waals surface area contributed by atoms with Gasteiger partial charge in [0, 0.05) is 50.4 Å². The molecule has 0 aliphatic carbocycles. The smallest absolute Gasteiger partial charge is 0.256 e. The second kappa shape index (κ2) is 9.30. The summed E-state index contributed by atoms with van der Waals surface area (Å²) in [6.45, 7) is 8.01. The molecule has 2 aliphatic heterocycles. The molecular weight excluding hydrogens is 442 g/mol. The summed E-state index contributed by atoms with van der Waals surface area (Å²) in [6, 6.07) is 7.94. The van der Waals surface area contributed by atoms with Gasteiger partial charge in [-0.05, 0) is 52.3 Å². The number of hydrogen-bond donors (Lipinski definition) is 2. The number of carbonyl (C=O) groups excluding carboxylic acids is 2. The highest BCUT2D eigenvalue weighted by Gasteiger charge is 2.33. The molecule has 0 radical (unpaired) electrons. The number of amides is 2. The maximum Gasteiger partial charge on any atom is 0.256 e. The molecule has 184 valence electrons. The second-order valence-corrected chi connectivity index (χ2v) is 9.75. The average molecular weight is 476 g/mol. The van der Waals surface area contributed by atoms with Crippen LogP contribution in [0.5, 0.6) is 0 Å². The van der Waals surface area contributed by atoms with Crippen LogP contribution in [0.4, 0.5) is 11.5 Å². The van der Waals surface area contributed by atoms with Crippen molar-refractivity contribution in [2.45, 2.75) is 52.1 Å². The third-order valence-corrected chi connectivity index (χ3v) is 7.03. The number of nitrogens with zero attached hydrogens (tertiary/aromatic N) is 5. The van der Waals surface area contributed by atoms with E-state index in [0.717, 1.165) is 60.6 Å². The number of aromatic nitrogens is 3. The maximum absolute atomic E-state index is 13.8. The Morgan fingerprint density at radius 1 is 1.11 bits per heavy atom. The fourth-order valence-corrected chi connectivity index (χ4v) is 5.11. The molecule has 2 saturated heterocycles. The van der Waals surface area contributed by atoms with E-state index < -0.39 is 0 Å². The molecule has 2 aromatic heterocycles. The molecule has 4 heterocycles. The van der Waals surface area contributed by atoms with E-state index in [-0.39, 0.29) is 17.9 Å². The van der Waals surface area contributed by atoms with Crippen LogP contribution in [0.25, 0.3) is 5.65 Å². The fraction of sp³-hybridized carbons (Fsp3) is 0.462. The molecule has 1 aromatic carbocycles. The highest BCUT2D eigenvalue weighted by Crippen LogP contribution is 2.34. The fourth-order valence-electron chi connectivity index (χ4n) is 5.11. The van der Waals surface area contributed by atoms with Gasteiger partial charge in [-0.25, -0.2) is 9.50 Å². The van der Waals surface area contributed by atoms with Crippen LogP contribution in [0.2, 0.25) is 0 Å². The van der Waals surface area contributed by atoms with Gasteiger partial charge in [0.1, 0.15) is 5.82 Å². The summed E-state index contributed by atoms with van der Waals surface area (Å²) in [5.74, 6) is 0.716. The summed E-state index contributed by atoms with van der Waals surface area (Å²) in [7, 11) is 1.99. The molecule has 2 fully saturated rings. The van der Waals surface area contributed by atoms with Gasteiger partial charge in [-0.3, -0.25) is 9.59 Å². The Morgan fingerprint density at radius 3 is 2.66 bits per heavy atom. The van der Waals surface area contributed by atoms with Gasteiger partial charge in [-0.2, -0.15) is 5.10 Å². The Kier molecular flexibility index (Phi) is 6.19.